The average Bonchev–Trinajstić information content (AvgIpc) is 2.05. The molecule has 0 heterocycles. The molecule has 1 fully saturated rings. The Balaban J connectivity index is 2.17. The van der Waals surface area contributed by atoms with E-state index in [-0.39, 0.29) is 0 Å². The van der Waals surface area contributed by atoms with Gasteiger partial charge in [0, 0.05) is 0 Å². The van der Waals surface area contributed by atoms with Crippen LogP contribution in [-0.4, -0.2) is 6.54 Å². The van der Waals surface area contributed by atoms with E-state index in [2.05, 4.69) is 6.92 Å². The molecule has 0 aliphatic heterocycles. The van der Waals surface area contributed by atoms with E-state index < -0.39 is 0 Å². The van der Waals surface area contributed by atoms with Crippen LogP contribution in [-0.2, 0) is 0 Å². The zero-order valence-electron chi connectivity index (χ0n) is 6.97. The Morgan fingerprint density at radius 1 is 1.10 bits per heavy atom. The minimum absolute atomic E-state index is 0.850. The third-order valence-electron chi connectivity index (χ3n) is 2.88. The smallest absolute Gasteiger partial charge is 0.00489 e. The van der Waals surface area contributed by atoms with Gasteiger partial charge >= 0.3 is 0 Å². The number of hydrogen-bond donors (Lipinski definition) is 1. The molecule has 0 atom stereocenters. The molecular formula is C9H19N. The lowest BCUT2D eigenvalue weighted by Crippen LogP contribution is -2.20. The molecule has 0 bridgehead atoms. The van der Waals surface area contributed by atoms with Gasteiger partial charge in [-0.3, -0.25) is 0 Å². The SMILES string of the molecule is CCC1CCC(CN)CC1. The van der Waals surface area contributed by atoms with E-state index in [1.54, 1.807) is 0 Å². The summed E-state index contributed by atoms with van der Waals surface area (Å²) in [6, 6.07) is 0. The van der Waals surface area contributed by atoms with Crippen molar-refractivity contribution in [2.45, 2.75) is 39.0 Å². The van der Waals surface area contributed by atoms with Gasteiger partial charge in [0.2, 0.25) is 0 Å². The molecule has 10 heavy (non-hydrogen) atoms. The Hall–Kier alpha value is -0.0400. The molecule has 1 aliphatic carbocycles. The minimum Gasteiger partial charge on any atom is -0.330 e. The highest BCUT2D eigenvalue weighted by Crippen LogP contribution is 2.29. The van der Waals surface area contributed by atoms with Crippen LogP contribution in [0.15, 0.2) is 0 Å². The van der Waals surface area contributed by atoms with Crippen LogP contribution in [0.2, 0.25) is 0 Å². The quantitative estimate of drug-likeness (QED) is 0.626. The summed E-state index contributed by atoms with van der Waals surface area (Å²) in [5.41, 5.74) is 5.59. The van der Waals surface area contributed by atoms with Crippen molar-refractivity contribution in [1.29, 1.82) is 0 Å². The van der Waals surface area contributed by atoms with Crippen LogP contribution in [0.3, 0.4) is 0 Å². The fourth-order valence-corrected chi connectivity index (χ4v) is 1.88. The fraction of sp³-hybridized carbons (Fsp3) is 1.00. The Labute approximate surface area is 64.0 Å². The van der Waals surface area contributed by atoms with Crippen LogP contribution >= 0.6 is 0 Å². The first-order valence-corrected chi connectivity index (χ1v) is 4.56. The van der Waals surface area contributed by atoms with Gasteiger partial charge in [-0.2, -0.15) is 0 Å². The molecule has 0 saturated heterocycles. The van der Waals surface area contributed by atoms with Crippen LogP contribution in [0.4, 0.5) is 0 Å². The molecule has 0 unspecified atom stereocenters. The van der Waals surface area contributed by atoms with Gasteiger partial charge in [0.1, 0.15) is 0 Å². The third kappa shape index (κ3) is 1.98. The summed E-state index contributed by atoms with van der Waals surface area (Å²) in [4.78, 5) is 0. The van der Waals surface area contributed by atoms with Gasteiger partial charge in [-0.05, 0) is 31.2 Å². The van der Waals surface area contributed by atoms with Crippen LogP contribution in [0.1, 0.15) is 39.0 Å². The summed E-state index contributed by atoms with van der Waals surface area (Å²) in [5.74, 6) is 1.87. The second-order valence-electron chi connectivity index (χ2n) is 3.53. The van der Waals surface area contributed by atoms with Gasteiger partial charge in [-0.15, -0.1) is 0 Å². The molecule has 60 valence electrons. The molecule has 0 aromatic heterocycles. The van der Waals surface area contributed by atoms with E-state index in [0.29, 0.717) is 0 Å². The number of nitrogens with two attached hydrogens (primary N) is 1. The van der Waals surface area contributed by atoms with Crippen molar-refractivity contribution in [2.75, 3.05) is 6.54 Å². The molecule has 0 spiro atoms. The lowest BCUT2D eigenvalue weighted by Gasteiger charge is -2.26. The van der Waals surface area contributed by atoms with Crippen molar-refractivity contribution in [2.24, 2.45) is 17.6 Å². The van der Waals surface area contributed by atoms with Gasteiger partial charge in [0.15, 0.2) is 0 Å². The molecule has 1 saturated carbocycles. The highest BCUT2D eigenvalue weighted by atomic mass is 14.5. The molecule has 0 aromatic carbocycles. The van der Waals surface area contributed by atoms with Gasteiger partial charge in [0.05, 0.1) is 0 Å². The molecular weight excluding hydrogens is 122 g/mol. The maximum absolute atomic E-state index is 5.59. The highest BCUT2D eigenvalue weighted by molar-refractivity contribution is 4.71. The van der Waals surface area contributed by atoms with Crippen molar-refractivity contribution in [3.8, 4) is 0 Å². The maximum Gasteiger partial charge on any atom is -0.00489 e. The lowest BCUT2D eigenvalue weighted by atomic mass is 9.81. The van der Waals surface area contributed by atoms with E-state index >= 15 is 0 Å². The molecule has 0 amide bonds. The molecule has 1 rings (SSSR count). The molecule has 0 radical (unpaired) electrons. The molecule has 1 heteroatoms. The monoisotopic (exact) mass is 141 g/mol. The molecule has 1 aliphatic rings. The predicted molar refractivity (Wildman–Crippen MR) is 44.8 cm³/mol. The van der Waals surface area contributed by atoms with E-state index in [1.165, 1.54) is 32.1 Å². The molecule has 0 aromatic rings. The fourth-order valence-electron chi connectivity index (χ4n) is 1.88. The van der Waals surface area contributed by atoms with Crippen LogP contribution in [0.25, 0.3) is 0 Å². The zero-order chi connectivity index (χ0) is 7.40. The summed E-state index contributed by atoms with van der Waals surface area (Å²) in [5, 5.41) is 0. The predicted octanol–water partition coefficient (Wildman–Crippen LogP) is 2.16. The second-order valence-corrected chi connectivity index (χ2v) is 3.53. The second kappa shape index (κ2) is 3.97. The minimum atomic E-state index is 0.850. The summed E-state index contributed by atoms with van der Waals surface area (Å²) in [6.45, 7) is 3.21. The van der Waals surface area contributed by atoms with Crippen molar-refractivity contribution >= 4 is 0 Å². The first-order chi connectivity index (χ1) is 4.86. The normalized spacial score (nSPS) is 34.2. The summed E-state index contributed by atoms with van der Waals surface area (Å²) < 4.78 is 0. The van der Waals surface area contributed by atoms with E-state index in [1.807, 2.05) is 0 Å². The maximum atomic E-state index is 5.59. The summed E-state index contributed by atoms with van der Waals surface area (Å²) >= 11 is 0. The topological polar surface area (TPSA) is 26.0 Å². The van der Waals surface area contributed by atoms with Gasteiger partial charge in [-0.25, -0.2) is 0 Å². The van der Waals surface area contributed by atoms with E-state index in [4.69, 9.17) is 5.73 Å². The first kappa shape index (κ1) is 8.06. The standard InChI is InChI=1S/C9H19N/c1-2-8-3-5-9(7-10)6-4-8/h8-9H,2-7,10H2,1H3. The van der Waals surface area contributed by atoms with Gasteiger partial charge in [-0.1, -0.05) is 26.2 Å². The van der Waals surface area contributed by atoms with E-state index in [0.717, 1.165) is 18.4 Å². The van der Waals surface area contributed by atoms with Gasteiger partial charge < -0.3 is 5.73 Å². The zero-order valence-corrected chi connectivity index (χ0v) is 6.97. The van der Waals surface area contributed by atoms with Crippen LogP contribution < -0.4 is 5.73 Å². The van der Waals surface area contributed by atoms with E-state index in [9.17, 15) is 0 Å². The average molecular weight is 141 g/mol. The number of rotatable bonds is 2. The summed E-state index contributed by atoms with van der Waals surface area (Å²) in [6.07, 6.45) is 7.00. The van der Waals surface area contributed by atoms with Crippen LogP contribution in [0.5, 0.6) is 0 Å². The van der Waals surface area contributed by atoms with Crippen LogP contribution in [0, 0.1) is 11.8 Å². The Morgan fingerprint density at radius 2 is 1.60 bits per heavy atom. The third-order valence-corrected chi connectivity index (χ3v) is 2.88. The van der Waals surface area contributed by atoms with Crippen molar-refractivity contribution in [3.05, 3.63) is 0 Å². The van der Waals surface area contributed by atoms with Gasteiger partial charge in [0.25, 0.3) is 0 Å². The van der Waals surface area contributed by atoms with Crippen molar-refractivity contribution < 1.29 is 0 Å². The lowest BCUT2D eigenvalue weighted by molar-refractivity contribution is 0.274. The summed E-state index contributed by atoms with van der Waals surface area (Å²) in [7, 11) is 0. The largest absolute Gasteiger partial charge is 0.330 e. The molecule has 1 nitrogen and oxygen atoms in total. The highest BCUT2D eigenvalue weighted by Gasteiger charge is 2.17. The first-order valence-electron chi connectivity index (χ1n) is 4.56. The Kier molecular flexibility index (Phi) is 3.20. The van der Waals surface area contributed by atoms with Crippen molar-refractivity contribution in [1.82, 2.24) is 0 Å². The number of hydrogen-bond acceptors (Lipinski definition) is 1. The Morgan fingerprint density at radius 3 is 2.00 bits per heavy atom. The van der Waals surface area contributed by atoms with Crippen molar-refractivity contribution in [3.63, 3.8) is 0 Å². The Bertz CT molecular complexity index is 70.7. The molecule has 2 N–H and O–H groups in total.